The Kier molecular flexibility index (Phi) is 6.61. The number of benzene rings is 2. The van der Waals surface area contributed by atoms with Crippen molar-refractivity contribution in [3.8, 4) is 0 Å². The number of piperazine rings is 1. The maximum absolute atomic E-state index is 15.5. The van der Waals surface area contributed by atoms with Crippen LogP contribution in [0.15, 0.2) is 48.7 Å². The Bertz CT molecular complexity index is 1610. The van der Waals surface area contributed by atoms with Gasteiger partial charge in [0, 0.05) is 63.7 Å². The number of fused-ring (bicyclic) bond motifs is 1. The average molecular weight is 586 g/mol. The molecule has 0 radical (unpaired) electrons. The minimum absolute atomic E-state index is 0.217. The van der Waals surface area contributed by atoms with Crippen molar-refractivity contribution in [2.45, 2.75) is 32.2 Å². The zero-order valence-corrected chi connectivity index (χ0v) is 24.7. The van der Waals surface area contributed by atoms with Gasteiger partial charge in [-0.3, -0.25) is 9.21 Å². The maximum atomic E-state index is 15.5. The van der Waals surface area contributed by atoms with Crippen molar-refractivity contribution < 1.29 is 4.39 Å². The second-order valence-electron chi connectivity index (χ2n) is 11.6. The summed E-state index contributed by atoms with van der Waals surface area (Å²) in [4.78, 5) is 20.2. The topological polar surface area (TPSA) is 69.8 Å². The standard InChI is InChI=1S/C31H36FN9S/c1-2-37-16-18-38(19-17-37)23-10-13-39(14-11-23)26-7-6-22(20-25(26)32)34-31-35-29-24(8-12-33-29)30(36-31)41-27-5-3-4-21-9-15-40(42-41)28(21)27/h3-8,12,20,23H,2,9-11,13-19H2,1H3,(H2,33,34,35,36). The van der Waals surface area contributed by atoms with Crippen molar-refractivity contribution >= 4 is 57.7 Å². The second kappa shape index (κ2) is 10.6. The highest BCUT2D eigenvalue weighted by Crippen LogP contribution is 2.53. The molecule has 4 aliphatic rings. The molecule has 4 aliphatic heterocycles. The van der Waals surface area contributed by atoms with Gasteiger partial charge in [-0.2, -0.15) is 9.97 Å². The van der Waals surface area contributed by atoms with Gasteiger partial charge in [0.15, 0.2) is 5.82 Å². The highest BCUT2D eigenvalue weighted by atomic mass is 32.2. The quantitative estimate of drug-likeness (QED) is 0.285. The number of hydrogen-bond acceptors (Lipinski definition) is 9. The largest absolute Gasteiger partial charge is 0.369 e. The Morgan fingerprint density at radius 1 is 0.976 bits per heavy atom. The number of nitrogens with one attached hydrogen (secondary N) is 2. The van der Waals surface area contributed by atoms with Gasteiger partial charge in [-0.05, 0) is 61.7 Å². The molecule has 42 heavy (non-hydrogen) atoms. The van der Waals surface area contributed by atoms with E-state index in [1.54, 1.807) is 18.2 Å². The van der Waals surface area contributed by atoms with Crippen LogP contribution in [-0.4, -0.2) is 83.2 Å². The predicted molar refractivity (Wildman–Crippen MR) is 170 cm³/mol. The average Bonchev–Trinajstić information content (AvgIpc) is 3.76. The van der Waals surface area contributed by atoms with Crippen LogP contribution < -0.4 is 18.8 Å². The van der Waals surface area contributed by atoms with Gasteiger partial charge >= 0.3 is 0 Å². The number of likely N-dealkylation sites (N-methyl/N-ethyl adjacent to an activating group) is 1. The first kappa shape index (κ1) is 26.1. The van der Waals surface area contributed by atoms with Crippen LogP contribution in [0.1, 0.15) is 25.3 Å². The van der Waals surface area contributed by atoms with Crippen LogP contribution in [0.4, 0.5) is 38.9 Å². The third kappa shape index (κ3) is 4.54. The fourth-order valence-corrected chi connectivity index (χ4v) is 8.08. The zero-order chi connectivity index (χ0) is 28.2. The van der Waals surface area contributed by atoms with Crippen molar-refractivity contribution in [3.05, 3.63) is 60.0 Å². The first-order valence-corrected chi connectivity index (χ1v) is 15.9. The van der Waals surface area contributed by atoms with Gasteiger partial charge in [0.25, 0.3) is 0 Å². The van der Waals surface area contributed by atoms with Crippen LogP contribution >= 0.6 is 12.1 Å². The Morgan fingerprint density at radius 3 is 2.64 bits per heavy atom. The molecule has 11 heteroatoms. The van der Waals surface area contributed by atoms with Crippen LogP contribution in [0.3, 0.4) is 0 Å². The number of halogens is 1. The lowest BCUT2D eigenvalue weighted by Gasteiger charge is -2.43. The van der Waals surface area contributed by atoms with Gasteiger partial charge in [0.05, 0.1) is 34.6 Å². The monoisotopic (exact) mass is 585 g/mol. The molecule has 9 nitrogen and oxygen atoms in total. The molecule has 2 N–H and O–H groups in total. The minimum Gasteiger partial charge on any atom is -0.369 e. The van der Waals surface area contributed by atoms with E-state index in [-0.39, 0.29) is 5.82 Å². The van der Waals surface area contributed by atoms with Crippen molar-refractivity contribution in [1.82, 2.24) is 24.8 Å². The van der Waals surface area contributed by atoms with Crippen molar-refractivity contribution in [1.29, 1.82) is 0 Å². The summed E-state index contributed by atoms with van der Waals surface area (Å²) in [7, 11) is 0. The molecule has 0 atom stereocenters. The van der Waals surface area contributed by atoms with Gasteiger partial charge in [-0.15, -0.1) is 0 Å². The summed E-state index contributed by atoms with van der Waals surface area (Å²) in [6.07, 6.45) is 5.11. The number of H-pyrrole nitrogens is 1. The van der Waals surface area contributed by atoms with Crippen LogP contribution in [0.5, 0.6) is 0 Å². The summed E-state index contributed by atoms with van der Waals surface area (Å²) in [5.41, 5.74) is 5.84. The molecule has 2 fully saturated rings. The minimum atomic E-state index is -0.217. The van der Waals surface area contributed by atoms with Gasteiger partial charge in [-0.1, -0.05) is 19.1 Å². The lowest BCUT2D eigenvalue weighted by atomic mass is 10.0. The number of piperidine rings is 1. The first-order chi connectivity index (χ1) is 20.6. The molecule has 2 saturated heterocycles. The molecular weight excluding hydrogens is 549 g/mol. The molecule has 0 aliphatic carbocycles. The molecule has 0 spiro atoms. The summed E-state index contributed by atoms with van der Waals surface area (Å²) >= 11 is 1.67. The van der Waals surface area contributed by atoms with Gasteiger partial charge in [0.1, 0.15) is 11.5 Å². The number of nitrogens with zero attached hydrogens (tertiary/aromatic N) is 7. The number of rotatable bonds is 6. The summed E-state index contributed by atoms with van der Waals surface area (Å²) in [5.74, 6) is 1.03. The lowest BCUT2D eigenvalue weighted by molar-refractivity contribution is 0.0878. The molecule has 6 heterocycles. The summed E-state index contributed by atoms with van der Waals surface area (Å²) < 4.78 is 20.0. The highest BCUT2D eigenvalue weighted by Gasteiger charge is 2.36. The molecule has 2 aromatic heterocycles. The number of aromatic nitrogens is 3. The van der Waals surface area contributed by atoms with Crippen LogP contribution in [-0.2, 0) is 6.42 Å². The van der Waals surface area contributed by atoms with E-state index in [9.17, 15) is 0 Å². The fraction of sp³-hybridized carbons (Fsp3) is 0.419. The Hall–Kier alpha value is -3.54. The van der Waals surface area contributed by atoms with E-state index in [0.29, 0.717) is 23.4 Å². The van der Waals surface area contributed by atoms with Gasteiger partial charge in [-0.25, -0.2) is 8.70 Å². The van der Waals surface area contributed by atoms with E-state index in [0.717, 1.165) is 94.2 Å². The zero-order valence-electron chi connectivity index (χ0n) is 23.9. The Morgan fingerprint density at radius 2 is 1.83 bits per heavy atom. The summed E-state index contributed by atoms with van der Waals surface area (Å²) in [5, 5.41) is 4.23. The third-order valence-corrected chi connectivity index (χ3v) is 10.4. The third-order valence-electron chi connectivity index (χ3n) is 9.30. The number of anilines is 6. The number of para-hydroxylation sites is 1. The molecule has 4 aromatic rings. The summed E-state index contributed by atoms with van der Waals surface area (Å²) in [6.45, 7) is 10.7. The predicted octanol–water partition coefficient (Wildman–Crippen LogP) is 5.52. The normalized spacial score (nSPS) is 19.7. The van der Waals surface area contributed by atoms with Crippen molar-refractivity contribution in [3.63, 3.8) is 0 Å². The van der Waals surface area contributed by atoms with Gasteiger partial charge < -0.3 is 20.1 Å². The molecule has 218 valence electrons. The van der Waals surface area contributed by atoms with Crippen molar-refractivity contribution in [2.75, 3.05) is 71.2 Å². The van der Waals surface area contributed by atoms with E-state index in [1.165, 1.54) is 11.3 Å². The molecule has 2 aromatic carbocycles. The van der Waals surface area contributed by atoms with E-state index in [1.807, 2.05) is 24.4 Å². The molecule has 0 amide bonds. The molecule has 0 unspecified atom stereocenters. The SMILES string of the molecule is CCN1CCN(C2CCN(c3ccc(Nc4nc(N5SN6CCc7cccc5c76)c5cc[nH]c5n4)cc3F)CC2)CC1. The fourth-order valence-electron chi connectivity index (χ4n) is 6.96. The van der Waals surface area contributed by atoms with Crippen LogP contribution in [0.2, 0.25) is 0 Å². The number of hydrogen-bond donors (Lipinski definition) is 2. The molecule has 0 saturated carbocycles. The van der Waals surface area contributed by atoms with E-state index in [4.69, 9.17) is 9.97 Å². The van der Waals surface area contributed by atoms with E-state index >= 15 is 4.39 Å². The van der Waals surface area contributed by atoms with Gasteiger partial charge in [0.2, 0.25) is 5.95 Å². The van der Waals surface area contributed by atoms with Crippen LogP contribution in [0.25, 0.3) is 11.0 Å². The van der Waals surface area contributed by atoms with Crippen molar-refractivity contribution in [2.24, 2.45) is 0 Å². The summed E-state index contributed by atoms with van der Waals surface area (Å²) in [6, 6.07) is 14.5. The maximum Gasteiger partial charge on any atom is 0.231 e. The lowest BCUT2D eigenvalue weighted by Crippen LogP contribution is -2.53. The van der Waals surface area contributed by atoms with Crippen LogP contribution in [0, 0.1) is 5.82 Å². The Balaban J connectivity index is 0.986. The highest BCUT2D eigenvalue weighted by molar-refractivity contribution is 8.02. The molecule has 0 bridgehead atoms. The van der Waals surface area contributed by atoms with E-state index < -0.39 is 0 Å². The smallest absolute Gasteiger partial charge is 0.231 e. The first-order valence-electron chi connectivity index (χ1n) is 15.2. The van der Waals surface area contributed by atoms with E-state index in [2.05, 4.69) is 58.7 Å². The second-order valence-corrected chi connectivity index (χ2v) is 12.6. The molecule has 8 rings (SSSR count). The Labute approximate surface area is 250 Å². The molecular formula is C31H36FN9S. The number of aromatic amines is 1.